The highest BCUT2D eigenvalue weighted by Crippen LogP contribution is 2.34. The molecule has 1 N–H and O–H groups in total. The molecule has 0 heterocycles. The van der Waals surface area contributed by atoms with Gasteiger partial charge in [0.25, 0.3) is 0 Å². The third-order valence-corrected chi connectivity index (χ3v) is 2.95. The van der Waals surface area contributed by atoms with Gasteiger partial charge in [-0.2, -0.15) is 0 Å². The van der Waals surface area contributed by atoms with E-state index in [1.165, 1.54) is 0 Å². The largest absolute Gasteiger partial charge is 0.493 e. The SMILES string of the molecule is C#CCNCC(OCC#C)c1cc(C#C)c(OC)c(OC)c1. The molecular weight excluding hydrogens is 278 g/mol. The van der Waals surface area contributed by atoms with Crippen LogP contribution in [0.4, 0.5) is 0 Å². The van der Waals surface area contributed by atoms with Gasteiger partial charge in [0.1, 0.15) is 6.61 Å². The number of ether oxygens (including phenoxy) is 3. The van der Waals surface area contributed by atoms with Crippen LogP contribution in [0.5, 0.6) is 11.5 Å². The summed E-state index contributed by atoms with van der Waals surface area (Å²) in [7, 11) is 3.09. The molecular formula is C18H19NO3. The van der Waals surface area contributed by atoms with E-state index in [-0.39, 0.29) is 12.7 Å². The Morgan fingerprint density at radius 3 is 2.45 bits per heavy atom. The quantitative estimate of drug-likeness (QED) is 0.584. The Morgan fingerprint density at radius 2 is 1.91 bits per heavy atom. The van der Waals surface area contributed by atoms with Gasteiger partial charge in [-0.15, -0.1) is 19.3 Å². The van der Waals surface area contributed by atoms with Crippen molar-refractivity contribution in [2.45, 2.75) is 6.10 Å². The molecule has 0 spiro atoms. The molecule has 1 aromatic rings. The van der Waals surface area contributed by atoms with Gasteiger partial charge < -0.3 is 19.5 Å². The second-order valence-electron chi connectivity index (χ2n) is 4.29. The molecule has 1 unspecified atom stereocenters. The third kappa shape index (κ3) is 4.47. The van der Waals surface area contributed by atoms with Gasteiger partial charge in [-0.25, -0.2) is 0 Å². The first-order valence-electron chi connectivity index (χ1n) is 6.63. The summed E-state index contributed by atoms with van der Waals surface area (Å²) in [5.74, 6) is 8.60. The van der Waals surface area contributed by atoms with Gasteiger partial charge in [0.15, 0.2) is 11.5 Å². The molecule has 0 saturated carbocycles. The van der Waals surface area contributed by atoms with Crippen LogP contribution in [0.15, 0.2) is 12.1 Å². The van der Waals surface area contributed by atoms with Crippen LogP contribution in [-0.2, 0) is 4.74 Å². The number of hydrogen-bond acceptors (Lipinski definition) is 4. The van der Waals surface area contributed by atoms with Crippen LogP contribution in [0.2, 0.25) is 0 Å². The fourth-order valence-corrected chi connectivity index (χ4v) is 1.98. The molecule has 0 amide bonds. The summed E-state index contributed by atoms with van der Waals surface area (Å²) in [6.45, 7) is 1.12. The summed E-state index contributed by atoms with van der Waals surface area (Å²) in [5.41, 5.74) is 1.42. The monoisotopic (exact) mass is 297 g/mol. The molecule has 1 atom stereocenters. The summed E-state index contributed by atoms with van der Waals surface area (Å²) in [6, 6.07) is 3.64. The van der Waals surface area contributed by atoms with Crippen molar-refractivity contribution < 1.29 is 14.2 Å². The number of rotatable bonds is 8. The van der Waals surface area contributed by atoms with E-state index in [2.05, 4.69) is 23.1 Å². The fraction of sp³-hybridized carbons (Fsp3) is 0.333. The number of nitrogens with one attached hydrogen (secondary N) is 1. The Kier molecular flexibility index (Phi) is 7.44. The first kappa shape index (κ1) is 17.5. The molecule has 0 bridgehead atoms. The van der Waals surface area contributed by atoms with Gasteiger partial charge in [0.05, 0.1) is 32.4 Å². The number of terminal acetylenes is 3. The first-order chi connectivity index (χ1) is 10.7. The minimum atomic E-state index is -0.295. The van der Waals surface area contributed by atoms with Gasteiger partial charge in [0, 0.05) is 6.54 Å². The molecule has 0 aromatic heterocycles. The van der Waals surface area contributed by atoms with E-state index in [4.69, 9.17) is 33.5 Å². The van der Waals surface area contributed by atoms with E-state index in [1.807, 2.05) is 12.1 Å². The van der Waals surface area contributed by atoms with Crippen molar-refractivity contribution in [1.82, 2.24) is 5.32 Å². The van der Waals surface area contributed by atoms with Gasteiger partial charge >= 0.3 is 0 Å². The van der Waals surface area contributed by atoms with Crippen LogP contribution in [0.25, 0.3) is 0 Å². The smallest absolute Gasteiger partial charge is 0.176 e. The van der Waals surface area contributed by atoms with Crippen molar-refractivity contribution in [3.63, 3.8) is 0 Å². The average molecular weight is 297 g/mol. The van der Waals surface area contributed by atoms with E-state index in [9.17, 15) is 0 Å². The summed E-state index contributed by atoms with van der Waals surface area (Å²) in [5, 5.41) is 3.09. The van der Waals surface area contributed by atoms with Gasteiger partial charge in [0.2, 0.25) is 0 Å². The highest BCUT2D eigenvalue weighted by Gasteiger charge is 2.17. The van der Waals surface area contributed by atoms with Crippen LogP contribution in [0, 0.1) is 37.0 Å². The summed E-state index contributed by atoms with van der Waals surface area (Å²) >= 11 is 0. The van der Waals surface area contributed by atoms with Crippen molar-refractivity contribution in [2.75, 3.05) is 33.9 Å². The van der Waals surface area contributed by atoms with Crippen LogP contribution < -0.4 is 14.8 Å². The summed E-state index contributed by atoms with van der Waals surface area (Å²) in [4.78, 5) is 0. The van der Waals surface area contributed by atoms with E-state index in [1.54, 1.807) is 14.2 Å². The Bertz CT molecular complexity index is 617. The zero-order chi connectivity index (χ0) is 16.4. The second-order valence-corrected chi connectivity index (χ2v) is 4.29. The maximum absolute atomic E-state index is 5.66. The first-order valence-corrected chi connectivity index (χ1v) is 6.63. The molecule has 1 rings (SSSR count). The molecule has 0 fully saturated rings. The molecule has 1 aromatic carbocycles. The van der Waals surface area contributed by atoms with Crippen molar-refractivity contribution in [3.05, 3.63) is 23.3 Å². The lowest BCUT2D eigenvalue weighted by molar-refractivity contribution is 0.0781. The number of benzene rings is 1. The average Bonchev–Trinajstić information content (AvgIpc) is 2.56. The van der Waals surface area contributed by atoms with Crippen LogP contribution >= 0.6 is 0 Å². The molecule has 4 heteroatoms. The Hall–Kier alpha value is -2.58. The standard InChI is InChI=1S/C18H19NO3/c1-6-9-19-13-17(22-10-7-2)15-11-14(8-3)18(21-5)16(12-15)20-4/h1-3,11-12,17,19H,9-10,13H2,4-5H3. The van der Waals surface area contributed by atoms with Crippen LogP contribution in [0.1, 0.15) is 17.2 Å². The summed E-state index contributed by atoms with van der Waals surface area (Å²) in [6.07, 6.45) is 15.7. The maximum Gasteiger partial charge on any atom is 0.176 e. The Morgan fingerprint density at radius 1 is 1.14 bits per heavy atom. The second kappa shape index (κ2) is 9.37. The fourth-order valence-electron chi connectivity index (χ4n) is 1.98. The van der Waals surface area contributed by atoms with E-state index in [0.29, 0.717) is 30.2 Å². The van der Waals surface area contributed by atoms with Gasteiger partial charge in [-0.3, -0.25) is 0 Å². The molecule has 0 radical (unpaired) electrons. The zero-order valence-corrected chi connectivity index (χ0v) is 12.8. The molecule has 22 heavy (non-hydrogen) atoms. The molecule has 0 aliphatic carbocycles. The topological polar surface area (TPSA) is 39.7 Å². The lowest BCUT2D eigenvalue weighted by atomic mass is 10.0. The van der Waals surface area contributed by atoms with E-state index >= 15 is 0 Å². The molecule has 0 aliphatic rings. The van der Waals surface area contributed by atoms with Crippen LogP contribution in [-0.4, -0.2) is 33.9 Å². The number of hydrogen-bond donors (Lipinski definition) is 1. The predicted molar refractivity (Wildman–Crippen MR) is 86.7 cm³/mol. The van der Waals surface area contributed by atoms with Crippen molar-refractivity contribution >= 4 is 0 Å². The lowest BCUT2D eigenvalue weighted by Gasteiger charge is -2.20. The van der Waals surface area contributed by atoms with Gasteiger partial charge in [-0.1, -0.05) is 17.8 Å². The van der Waals surface area contributed by atoms with Crippen LogP contribution in [0.3, 0.4) is 0 Å². The highest BCUT2D eigenvalue weighted by molar-refractivity contribution is 5.56. The van der Waals surface area contributed by atoms with Gasteiger partial charge in [-0.05, 0) is 17.7 Å². The highest BCUT2D eigenvalue weighted by atomic mass is 16.5. The molecule has 4 nitrogen and oxygen atoms in total. The van der Waals surface area contributed by atoms with E-state index < -0.39 is 0 Å². The minimum absolute atomic E-state index is 0.183. The molecule has 0 saturated heterocycles. The maximum atomic E-state index is 5.66. The third-order valence-electron chi connectivity index (χ3n) is 2.95. The molecule has 0 aliphatic heterocycles. The lowest BCUT2D eigenvalue weighted by Crippen LogP contribution is -2.24. The Labute approximate surface area is 132 Å². The van der Waals surface area contributed by atoms with Crippen molar-refractivity contribution in [1.29, 1.82) is 0 Å². The van der Waals surface area contributed by atoms with Crippen molar-refractivity contribution in [3.8, 4) is 48.5 Å². The number of methoxy groups -OCH3 is 2. The summed E-state index contributed by atoms with van der Waals surface area (Å²) < 4.78 is 16.3. The normalized spacial score (nSPS) is 10.9. The minimum Gasteiger partial charge on any atom is -0.493 e. The van der Waals surface area contributed by atoms with Crippen molar-refractivity contribution in [2.24, 2.45) is 0 Å². The zero-order valence-electron chi connectivity index (χ0n) is 12.8. The predicted octanol–water partition coefficient (Wildman–Crippen LogP) is 1.60. The van der Waals surface area contributed by atoms with E-state index in [0.717, 1.165) is 5.56 Å². The Balaban J connectivity index is 3.15. The molecule has 114 valence electrons.